The molecule has 0 aliphatic rings. The van der Waals surface area contributed by atoms with Gasteiger partial charge < -0.3 is 9.47 Å². The van der Waals surface area contributed by atoms with Crippen LogP contribution in [-0.4, -0.2) is 18.5 Å². The highest BCUT2D eigenvalue weighted by Gasteiger charge is 1.96. The highest BCUT2D eigenvalue weighted by molar-refractivity contribution is 5.69. The molecule has 0 saturated carbocycles. The molecular weight excluding hydrogens is 220 g/mol. The zero-order valence-corrected chi connectivity index (χ0v) is 9.80. The predicted molar refractivity (Wildman–Crippen MR) is 63.4 cm³/mol. The molecule has 1 aromatic rings. The molecule has 0 aliphatic heterocycles. The maximum absolute atomic E-state index is 10.7. The molecule has 0 aliphatic carbocycles. The van der Waals surface area contributed by atoms with Gasteiger partial charge in [0.05, 0.1) is 0 Å². The van der Waals surface area contributed by atoms with Gasteiger partial charge >= 0.3 is 11.9 Å². The summed E-state index contributed by atoms with van der Waals surface area (Å²) in [5, 5.41) is 0. The number of rotatable bonds is 4. The van der Waals surface area contributed by atoms with Gasteiger partial charge in [-0.2, -0.15) is 0 Å². The van der Waals surface area contributed by atoms with Crippen molar-refractivity contribution >= 4 is 18.0 Å². The maximum atomic E-state index is 10.7. The highest BCUT2D eigenvalue weighted by atomic mass is 16.5. The van der Waals surface area contributed by atoms with Crippen molar-refractivity contribution in [2.24, 2.45) is 0 Å². The highest BCUT2D eigenvalue weighted by Crippen LogP contribution is 2.13. The van der Waals surface area contributed by atoms with Crippen molar-refractivity contribution in [3.8, 4) is 5.75 Å². The summed E-state index contributed by atoms with van der Waals surface area (Å²) in [6.45, 7) is 2.97. The molecule has 0 fully saturated rings. The smallest absolute Gasteiger partial charge is 0.308 e. The molecule has 0 unspecified atom stereocenters. The third-order valence-corrected chi connectivity index (χ3v) is 1.83. The van der Waals surface area contributed by atoms with Gasteiger partial charge in [-0.15, -0.1) is 0 Å². The summed E-state index contributed by atoms with van der Waals surface area (Å²) in [4.78, 5) is 21.2. The summed E-state index contributed by atoms with van der Waals surface area (Å²) in [6, 6.07) is 7.02. The average molecular weight is 234 g/mol. The lowest BCUT2D eigenvalue weighted by Crippen LogP contribution is -2.00. The molecule has 4 nitrogen and oxygen atoms in total. The lowest BCUT2D eigenvalue weighted by atomic mass is 10.2. The maximum Gasteiger partial charge on any atom is 0.308 e. The van der Waals surface area contributed by atoms with Crippen molar-refractivity contribution in [3.05, 3.63) is 35.9 Å². The molecule has 90 valence electrons. The SMILES string of the molecule is CC(=O)OC/C=C/c1ccc(OC(C)=O)cc1. The first-order valence-electron chi connectivity index (χ1n) is 5.16. The molecular formula is C13H14O4. The van der Waals surface area contributed by atoms with E-state index in [1.807, 2.05) is 18.2 Å². The fourth-order valence-electron chi connectivity index (χ4n) is 1.16. The average Bonchev–Trinajstić information content (AvgIpc) is 2.25. The Hall–Kier alpha value is -2.10. The summed E-state index contributed by atoms with van der Waals surface area (Å²) in [7, 11) is 0. The summed E-state index contributed by atoms with van der Waals surface area (Å²) >= 11 is 0. The zero-order chi connectivity index (χ0) is 12.7. The van der Waals surface area contributed by atoms with E-state index in [0.717, 1.165) is 5.56 Å². The van der Waals surface area contributed by atoms with Crippen LogP contribution in [0.3, 0.4) is 0 Å². The third-order valence-electron chi connectivity index (χ3n) is 1.83. The van der Waals surface area contributed by atoms with Crippen molar-refractivity contribution < 1.29 is 19.1 Å². The Balaban J connectivity index is 2.50. The molecule has 0 spiro atoms. The van der Waals surface area contributed by atoms with Crippen molar-refractivity contribution in [1.82, 2.24) is 0 Å². The number of hydrogen-bond acceptors (Lipinski definition) is 4. The zero-order valence-electron chi connectivity index (χ0n) is 9.80. The first-order valence-corrected chi connectivity index (χ1v) is 5.16. The van der Waals surface area contributed by atoms with E-state index in [4.69, 9.17) is 9.47 Å². The van der Waals surface area contributed by atoms with Crippen LogP contribution in [0.5, 0.6) is 5.75 Å². The second kappa shape index (κ2) is 6.48. The first-order chi connectivity index (χ1) is 8.08. The summed E-state index contributed by atoms with van der Waals surface area (Å²) in [6.07, 6.45) is 3.56. The molecule has 0 bridgehead atoms. The van der Waals surface area contributed by atoms with Gasteiger partial charge in [-0.1, -0.05) is 18.2 Å². The molecule has 4 heteroatoms. The Morgan fingerprint density at radius 3 is 2.29 bits per heavy atom. The molecule has 0 amide bonds. The second-order valence-electron chi connectivity index (χ2n) is 3.37. The van der Waals surface area contributed by atoms with Crippen molar-refractivity contribution in [2.75, 3.05) is 6.61 Å². The van der Waals surface area contributed by atoms with E-state index in [2.05, 4.69) is 0 Å². The minimum absolute atomic E-state index is 0.251. The van der Waals surface area contributed by atoms with Crippen LogP contribution in [0.2, 0.25) is 0 Å². The Labute approximate surface area is 99.8 Å². The molecule has 0 heterocycles. The fraction of sp³-hybridized carbons (Fsp3) is 0.231. The Morgan fingerprint density at radius 2 is 1.76 bits per heavy atom. The number of benzene rings is 1. The molecule has 0 atom stereocenters. The van der Waals surface area contributed by atoms with Gasteiger partial charge in [0.15, 0.2) is 0 Å². The van der Waals surface area contributed by atoms with E-state index in [0.29, 0.717) is 5.75 Å². The molecule has 0 radical (unpaired) electrons. The first kappa shape index (κ1) is 13.0. The van der Waals surface area contributed by atoms with E-state index in [-0.39, 0.29) is 18.5 Å². The normalized spacial score (nSPS) is 10.2. The van der Waals surface area contributed by atoms with Gasteiger partial charge in [0, 0.05) is 13.8 Å². The Bertz CT molecular complexity index is 418. The quantitative estimate of drug-likeness (QED) is 0.592. The van der Waals surface area contributed by atoms with Crippen LogP contribution in [0, 0.1) is 0 Å². The van der Waals surface area contributed by atoms with E-state index in [1.54, 1.807) is 18.2 Å². The van der Waals surface area contributed by atoms with Crippen LogP contribution >= 0.6 is 0 Å². The number of hydrogen-bond donors (Lipinski definition) is 0. The van der Waals surface area contributed by atoms with Crippen LogP contribution in [0.1, 0.15) is 19.4 Å². The molecule has 0 saturated heterocycles. The number of esters is 2. The van der Waals surface area contributed by atoms with E-state index in [9.17, 15) is 9.59 Å². The molecule has 0 aromatic heterocycles. The number of ether oxygens (including phenoxy) is 2. The van der Waals surface area contributed by atoms with E-state index >= 15 is 0 Å². The summed E-state index contributed by atoms with van der Waals surface area (Å²) in [5.74, 6) is -0.141. The van der Waals surface area contributed by atoms with Gasteiger partial charge in [-0.05, 0) is 23.8 Å². The summed E-state index contributed by atoms with van der Waals surface area (Å²) in [5.41, 5.74) is 0.938. The van der Waals surface area contributed by atoms with Crippen LogP contribution in [0.25, 0.3) is 6.08 Å². The van der Waals surface area contributed by atoms with Gasteiger partial charge in [-0.25, -0.2) is 0 Å². The molecule has 17 heavy (non-hydrogen) atoms. The van der Waals surface area contributed by atoms with Crippen molar-refractivity contribution in [3.63, 3.8) is 0 Å². The molecule has 1 aromatic carbocycles. The minimum atomic E-state index is -0.344. The largest absolute Gasteiger partial charge is 0.462 e. The third kappa shape index (κ3) is 5.51. The standard InChI is InChI=1S/C13H14O4/c1-10(14)16-9-3-4-12-5-7-13(8-6-12)17-11(2)15/h3-8H,9H2,1-2H3/b4-3+. The topological polar surface area (TPSA) is 52.6 Å². The monoisotopic (exact) mass is 234 g/mol. The number of carbonyl (C=O) groups excluding carboxylic acids is 2. The second-order valence-corrected chi connectivity index (χ2v) is 3.37. The lowest BCUT2D eigenvalue weighted by Gasteiger charge is -2.00. The predicted octanol–water partition coefficient (Wildman–Crippen LogP) is 2.19. The van der Waals surface area contributed by atoms with E-state index < -0.39 is 0 Å². The lowest BCUT2D eigenvalue weighted by molar-refractivity contribution is -0.139. The van der Waals surface area contributed by atoms with Gasteiger partial charge in [0.25, 0.3) is 0 Å². The van der Waals surface area contributed by atoms with Crippen LogP contribution in [-0.2, 0) is 14.3 Å². The van der Waals surface area contributed by atoms with Crippen molar-refractivity contribution in [2.45, 2.75) is 13.8 Å². The van der Waals surface area contributed by atoms with E-state index in [1.165, 1.54) is 13.8 Å². The van der Waals surface area contributed by atoms with Crippen LogP contribution < -0.4 is 4.74 Å². The van der Waals surface area contributed by atoms with Crippen molar-refractivity contribution in [1.29, 1.82) is 0 Å². The van der Waals surface area contributed by atoms with Gasteiger partial charge in [0.2, 0.25) is 0 Å². The van der Waals surface area contributed by atoms with Gasteiger partial charge in [-0.3, -0.25) is 9.59 Å². The fourth-order valence-corrected chi connectivity index (χ4v) is 1.16. The Morgan fingerprint density at radius 1 is 1.12 bits per heavy atom. The molecule has 0 N–H and O–H groups in total. The van der Waals surface area contributed by atoms with Crippen LogP contribution in [0.4, 0.5) is 0 Å². The van der Waals surface area contributed by atoms with Gasteiger partial charge in [0.1, 0.15) is 12.4 Å². The van der Waals surface area contributed by atoms with Crippen LogP contribution in [0.15, 0.2) is 30.3 Å². The molecule has 1 rings (SSSR count). The Kier molecular flexibility index (Phi) is 4.94. The number of carbonyl (C=O) groups is 2. The summed E-state index contributed by atoms with van der Waals surface area (Å²) < 4.78 is 9.64. The minimum Gasteiger partial charge on any atom is -0.462 e.